The number of hydrogen-bond donors (Lipinski definition) is 1. The molecule has 0 bridgehead atoms. The predicted molar refractivity (Wildman–Crippen MR) is 143 cm³/mol. The first kappa shape index (κ1) is 28.8. The maximum atomic E-state index is 12.5. The Morgan fingerprint density at radius 1 is 0.571 bits per heavy atom. The molecule has 0 saturated heterocycles. The van der Waals surface area contributed by atoms with Crippen LogP contribution in [0.5, 0.6) is 0 Å². The van der Waals surface area contributed by atoms with Crippen LogP contribution in [0.15, 0.2) is 54.6 Å². The molecule has 1 N–H and O–H groups in total. The highest BCUT2D eigenvalue weighted by Crippen LogP contribution is 2.14. The van der Waals surface area contributed by atoms with Crippen LogP contribution in [0.1, 0.15) is 111 Å². The van der Waals surface area contributed by atoms with E-state index in [1.54, 1.807) is 0 Å². The average molecular weight is 481 g/mol. The summed E-state index contributed by atoms with van der Waals surface area (Å²) in [6, 6.07) is 17.3. The Hall–Kier alpha value is -2.46. The van der Waals surface area contributed by atoms with E-state index in [2.05, 4.69) is 0 Å². The number of hydrogen-bond acceptors (Lipinski definition) is 3. The van der Waals surface area contributed by atoms with Crippen molar-refractivity contribution in [2.75, 3.05) is 13.2 Å². The largest absolute Gasteiger partial charge is 0.481 e. The zero-order chi connectivity index (χ0) is 25.0. The van der Waals surface area contributed by atoms with Crippen molar-refractivity contribution in [3.05, 3.63) is 71.3 Å². The number of carbonyl (C=O) groups excluding carboxylic acids is 1. The van der Waals surface area contributed by atoms with Crippen molar-refractivity contribution in [3.63, 3.8) is 0 Å². The van der Waals surface area contributed by atoms with Crippen molar-refractivity contribution in [3.8, 4) is 0 Å². The Bertz CT molecular complexity index is 814. The van der Waals surface area contributed by atoms with E-state index in [0.29, 0.717) is 6.42 Å². The van der Waals surface area contributed by atoms with E-state index in [1.165, 1.54) is 69.8 Å². The fraction of sp³-hybridized carbons (Fsp3) is 0.548. The van der Waals surface area contributed by atoms with Gasteiger partial charge in [0, 0.05) is 24.2 Å². The summed E-state index contributed by atoms with van der Waals surface area (Å²) in [5.41, 5.74) is 2.65. The van der Waals surface area contributed by atoms with Crippen LogP contribution in [0.25, 0.3) is 0 Å². The van der Waals surface area contributed by atoms with Crippen LogP contribution in [0.3, 0.4) is 0 Å². The molecule has 0 spiro atoms. The second-order valence-electron chi connectivity index (χ2n) is 9.49. The van der Waals surface area contributed by atoms with Crippen molar-refractivity contribution in [1.29, 1.82) is 0 Å². The van der Waals surface area contributed by atoms with Gasteiger partial charge in [0.25, 0.3) is 0 Å². The SMILES string of the molecule is O=C(O)CCCCCCCCCCCCCCCOCCc1ccc(C(=O)c2ccccc2)cc1. The molecular formula is C31H44O4. The van der Waals surface area contributed by atoms with Crippen LogP contribution in [0, 0.1) is 0 Å². The van der Waals surface area contributed by atoms with E-state index in [0.717, 1.165) is 50.0 Å². The summed E-state index contributed by atoms with van der Waals surface area (Å²) in [6.07, 6.45) is 17.1. The molecule has 0 aliphatic heterocycles. The van der Waals surface area contributed by atoms with Gasteiger partial charge in [-0.1, -0.05) is 125 Å². The maximum Gasteiger partial charge on any atom is 0.303 e. The monoisotopic (exact) mass is 480 g/mol. The van der Waals surface area contributed by atoms with Gasteiger partial charge in [-0.05, 0) is 24.8 Å². The standard InChI is InChI=1S/C31H44O4/c32-30(33)19-15-10-8-6-4-2-1-3-5-7-9-11-16-25-35-26-24-27-20-22-29(23-21-27)31(34)28-17-13-12-14-18-28/h12-14,17-18,20-23H,1-11,15-16,19,24-26H2,(H,32,33). The van der Waals surface area contributed by atoms with E-state index in [1.807, 2.05) is 54.6 Å². The number of carboxylic acids is 1. The molecule has 0 unspecified atom stereocenters. The molecule has 4 nitrogen and oxygen atoms in total. The summed E-state index contributed by atoms with van der Waals surface area (Å²) >= 11 is 0. The van der Waals surface area contributed by atoms with Crippen LogP contribution < -0.4 is 0 Å². The highest BCUT2D eigenvalue weighted by atomic mass is 16.5. The molecule has 2 rings (SSSR count). The first-order valence-electron chi connectivity index (χ1n) is 13.6. The van der Waals surface area contributed by atoms with Crippen LogP contribution >= 0.6 is 0 Å². The van der Waals surface area contributed by atoms with E-state index in [-0.39, 0.29) is 5.78 Å². The topological polar surface area (TPSA) is 63.6 Å². The highest BCUT2D eigenvalue weighted by molar-refractivity contribution is 6.08. The van der Waals surface area contributed by atoms with E-state index in [9.17, 15) is 9.59 Å². The van der Waals surface area contributed by atoms with Gasteiger partial charge in [-0.15, -0.1) is 0 Å². The first-order chi connectivity index (χ1) is 17.2. The number of aliphatic carboxylic acids is 1. The second kappa shape index (κ2) is 18.8. The quantitative estimate of drug-likeness (QED) is 0.145. The summed E-state index contributed by atoms with van der Waals surface area (Å²) in [5.74, 6) is -0.607. The lowest BCUT2D eigenvalue weighted by atomic mass is 10.0. The molecule has 2 aromatic carbocycles. The third-order valence-electron chi connectivity index (χ3n) is 6.47. The van der Waals surface area contributed by atoms with E-state index < -0.39 is 5.97 Å². The normalized spacial score (nSPS) is 11.0. The summed E-state index contributed by atoms with van der Waals surface area (Å²) in [4.78, 5) is 22.9. The maximum absolute atomic E-state index is 12.5. The molecule has 0 fully saturated rings. The molecule has 0 aliphatic rings. The molecule has 0 radical (unpaired) electrons. The lowest BCUT2D eigenvalue weighted by Crippen LogP contribution is -2.03. The molecule has 2 aromatic rings. The van der Waals surface area contributed by atoms with Gasteiger partial charge >= 0.3 is 5.97 Å². The zero-order valence-electron chi connectivity index (χ0n) is 21.4. The van der Waals surface area contributed by atoms with Crippen LogP contribution in [-0.2, 0) is 16.0 Å². The second-order valence-corrected chi connectivity index (χ2v) is 9.49. The highest BCUT2D eigenvalue weighted by Gasteiger charge is 2.08. The predicted octanol–water partition coefficient (Wildman–Crippen LogP) is 8.02. The Morgan fingerprint density at radius 2 is 1.06 bits per heavy atom. The van der Waals surface area contributed by atoms with E-state index >= 15 is 0 Å². The minimum Gasteiger partial charge on any atom is -0.481 e. The lowest BCUT2D eigenvalue weighted by Gasteiger charge is -2.06. The molecule has 0 atom stereocenters. The third kappa shape index (κ3) is 13.9. The Labute approximate surface area is 212 Å². The zero-order valence-corrected chi connectivity index (χ0v) is 21.4. The smallest absolute Gasteiger partial charge is 0.303 e. The van der Waals surface area contributed by atoms with Gasteiger partial charge < -0.3 is 9.84 Å². The molecule has 192 valence electrons. The molecular weight excluding hydrogens is 436 g/mol. The van der Waals surface area contributed by atoms with Gasteiger partial charge in [0.05, 0.1) is 6.61 Å². The number of unbranched alkanes of at least 4 members (excludes halogenated alkanes) is 12. The van der Waals surface area contributed by atoms with Gasteiger partial charge in [0.15, 0.2) is 5.78 Å². The summed E-state index contributed by atoms with van der Waals surface area (Å²) in [7, 11) is 0. The van der Waals surface area contributed by atoms with Gasteiger partial charge in [0.1, 0.15) is 0 Å². The molecule has 0 saturated carbocycles. The van der Waals surface area contributed by atoms with Crippen molar-refractivity contribution >= 4 is 11.8 Å². The van der Waals surface area contributed by atoms with Crippen LogP contribution in [0.4, 0.5) is 0 Å². The number of benzene rings is 2. The van der Waals surface area contributed by atoms with Crippen molar-refractivity contribution in [2.45, 2.75) is 96.3 Å². The number of carboxylic acid groups (broad SMARTS) is 1. The number of carbonyl (C=O) groups is 2. The number of ether oxygens (including phenoxy) is 1. The number of ketones is 1. The van der Waals surface area contributed by atoms with Gasteiger partial charge in [-0.3, -0.25) is 9.59 Å². The molecule has 0 aromatic heterocycles. The van der Waals surface area contributed by atoms with Crippen molar-refractivity contribution in [2.24, 2.45) is 0 Å². The van der Waals surface area contributed by atoms with Gasteiger partial charge in [-0.25, -0.2) is 0 Å². The van der Waals surface area contributed by atoms with Crippen LogP contribution in [0.2, 0.25) is 0 Å². The fourth-order valence-corrected chi connectivity index (χ4v) is 4.30. The Balaban J connectivity index is 1.36. The average Bonchev–Trinajstić information content (AvgIpc) is 2.88. The summed E-state index contributed by atoms with van der Waals surface area (Å²) in [5, 5.41) is 8.61. The minimum atomic E-state index is -0.672. The molecule has 0 amide bonds. The molecule has 35 heavy (non-hydrogen) atoms. The van der Waals surface area contributed by atoms with Crippen molar-refractivity contribution in [1.82, 2.24) is 0 Å². The van der Waals surface area contributed by atoms with Crippen molar-refractivity contribution < 1.29 is 19.4 Å². The molecule has 0 heterocycles. The van der Waals surface area contributed by atoms with Gasteiger partial charge in [-0.2, -0.15) is 0 Å². The first-order valence-corrected chi connectivity index (χ1v) is 13.6. The van der Waals surface area contributed by atoms with E-state index in [4.69, 9.17) is 9.84 Å². The fourth-order valence-electron chi connectivity index (χ4n) is 4.30. The lowest BCUT2D eigenvalue weighted by molar-refractivity contribution is -0.137. The minimum absolute atomic E-state index is 0.0649. The Morgan fingerprint density at radius 3 is 1.60 bits per heavy atom. The Kier molecular flexibility index (Phi) is 15.5. The number of rotatable bonds is 21. The third-order valence-corrected chi connectivity index (χ3v) is 6.47. The summed E-state index contributed by atoms with van der Waals surface area (Å²) in [6.45, 7) is 1.56. The summed E-state index contributed by atoms with van der Waals surface area (Å²) < 4.78 is 5.81. The molecule has 4 heteroatoms. The molecule has 0 aliphatic carbocycles. The van der Waals surface area contributed by atoms with Crippen LogP contribution in [-0.4, -0.2) is 30.1 Å². The van der Waals surface area contributed by atoms with Gasteiger partial charge in [0.2, 0.25) is 0 Å².